The molecule has 1 saturated heterocycles. The maximum atomic E-state index is 10.8. The quantitative estimate of drug-likeness (QED) is 0.353. The van der Waals surface area contributed by atoms with Gasteiger partial charge in [0.1, 0.15) is 10.3 Å². The first-order valence-corrected chi connectivity index (χ1v) is 7.00. The van der Waals surface area contributed by atoms with E-state index in [9.17, 15) is 10.1 Å². The highest BCUT2D eigenvalue weighted by molar-refractivity contribution is 6.29. The van der Waals surface area contributed by atoms with Crippen LogP contribution in [0.4, 0.5) is 0 Å². The number of hydrogen-bond donors (Lipinski definition) is 0. The third kappa shape index (κ3) is 4.15. The summed E-state index contributed by atoms with van der Waals surface area (Å²) in [6.45, 7) is 5.70. The Kier molecular flexibility index (Phi) is 5.29. The molecular weight excluding hydrogens is 308 g/mol. The van der Waals surface area contributed by atoms with E-state index >= 15 is 0 Å². The van der Waals surface area contributed by atoms with E-state index in [1.54, 1.807) is 23.2 Å². The zero-order valence-corrected chi connectivity index (χ0v) is 13.0. The van der Waals surface area contributed by atoms with Gasteiger partial charge in [-0.25, -0.2) is 15.1 Å². The summed E-state index contributed by atoms with van der Waals surface area (Å²) in [6.07, 6.45) is 3.34. The Bertz CT molecular complexity index is 576. The minimum absolute atomic E-state index is 0.318. The molecule has 118 valence electrons. The summed E-state index contributed by atoms with van der Waals surface area (Å²) < 4.78 is 0. The van der Waals surface area contributed by atoms with Crippen molar-refractivity contribution in [2.75, 3.05) is 26.9 Å². The monoisotopic (exact) mass is 324 g/mol. The van der Waals surface area contributed by atoms with Crippen molar-refractivity contribution in [3.8, 4) is 0 Å². The zero-order chi connectivity index (χ0) is 16.1. The SMILES string of the molecule is C=CCN1CN(C)CN(Cc2ccc(Cl)nc2)C1=N[N+](=O)[O-]. The molecule has 22 heavy (non-hydrogen) atoms. The van der Waals surface area contributed by atoms with Crippen LogP contribution in [0, 0.1) is 10.1 Å². The summed E-state index contributed by atoms with van der Waals surface area (Å²) >= 11 is 5.77. The molecule has 1 aromatic heterocycles. The highest BCUT2D eigenvalue weighted by Crippen LogP contribution is 2.14. The number of nitro groups is 1. The molecule has 1 aromatic rings. The lowest BCUT2D eigenvalue weighted by molar-refractivity contribution is -0.486. The first-order chi connectivity index (χ1) is 10.5. The summed E-state index contributed by atoms with van der Waals surface area (Å²) in [6, 6.07) is 3.53. The van der Waals surface area contributed by atoms with Crippen molar-refractivity contribution >= 4 is 17.6 Å². The van der Waals surface area contributed by atoms with E-state index in [0.717, 1.165) is 5.56 Å². The third-order valence-corrected chi connectivity index (χ3v) is 3.30. The Morgan fingerprint density at radius 1 is 1.50 bits per heavy atom. The van der Waals surface area contributed by atoms with E-state index in [1.807, 2.05) is 22.9 Å². The van der Waals surface area contributed by atoms with E-state index in [4.69, 9.17) is 11.6 Å². The lowest BCUT2D eigenvalue weighted by Crippen LogP contribution is -2.57. The van der Waals surface area contributed by atoms with Crippen molar-refractivity contribution < 1.29 is 5.03 Å². The van der Waals surface area contributed by atoms with E-state index in [0.29, 0.717) is 37.5 Å². The van der Waals surface area contributed by atoms with Crippen LogP contribution in [0.25, 0.3) is 0 Å². The van der Waals surface area contributed by atoms with Crippen molar-refractivity contribution in [1.29, 1.82) is 0 Å². The molecule has 1 aliphatic heterocycles. The van der Waals surface area contributed by atoms with Gasteiger partial charge in [-0.15, -0.1) is 6.58 Å². The first-order valence-electron chi connectivity index (χ1n) is 6.62. The molecule has 0 amide bonds. The van der Waals surface area contributed by atoms with Gasteiger partial charge in [-0.1, -0.05) is 23.7 Å². The second kappa shape index (κ2) is 7.19. The smallest absolute Gasteiger partial charge is 0.276 e. The lowest BCUT2D eigenvalue weighted by atomic mass is 10.2. The molecular formula is C13H17ClN6O2. The second-order valence-electron chi connectivity index (χ2n) is 4.97. The highest BCUT2D eigenvalue weighted by Gasteiger charge is 2.29. The molecule has 0 bridgehead atoms. The normalized spacial score (nSPS) is 17.8. The van der Waals surface area contributed by atoms with Crippen LogP contribution in [-0.2, 0) is 6.54 Å². The average Bonchev–Trinajstić information content (AvgIpc) is 2.45. The molecule has 8 nitrogen and oxygen atoms in total. The van der Waals surface area contributed by atoms with Gasteiger partial charge in [-0.2, -0.15) is 0 Å². The Labute approximate surface area is 133 Å². The van der Waals surface area contributed by atoms with E-state index < -0.39 is 5.03 Å². The van der Waals surface area contributed by atoms with Gasteiger partial charge in [0.15, 0.2) is 5.03 Å². The number of aromatic nitrogens is 1. The predicted octanol–water partition coefficient (Wildman–Crippen LogP) is 1.43. The third-order valence-electron chi connectivity index (χ3n) is 3.07. The maximum Gasteiger partial charge on any atom is 0.276 e. The standard InChI is InChI=1S/C13H17ClN6O2/c1-3-6-18-9-17(2)10-19(13(18)16-20(21)22)8-11-4-5-12(14)15-7-11/h3-5,7H,1,6,8-10H2,2H3. The molecule has 1 aliphatic rings. The number of pyridine rings is 1. The summed E-state index contributed by atoms with van der Waals surface area (Å²) in [5, 5.41) is 14.1. The number of rotatable bonds is 5. The number of hydrazone groups is 1. The minimum atomic E-state index is -0.677. The van der Waals surface area contributed by atoms with Crippen LogP contribution >= 0.6 is 11.6 Å². The summed E-state index contributed by atoms with van der Waals surface area (Å²) in [4.78, 5) is 20.5. The van der Waals surface area contributed by atoms with Crippen LogP contribution in [-0.4, -0.2) is 57.6 Å². The van der Waals surface area contributed by atoms with E-state index in [1.165, 1.54) is 0 Å². The number of hydrogen-bond acceptors (Lipinski definition) is 4. The van der Waals surface area contributed by atoms with Crippen molar-refractivity contribution in [1.82, 2.24) is 19.7 Å². The molecule has 0 unspecified atom stereocenters. The van der Waals surface area contributed by atoms with Gasteiger partial charge in [-0.3, -0.25) is 4.90 Å². The van der Waals surface area contributed by atoms with Crippen molar-refractivity contribution in [2.24, 2.45) is 5.10 Å². The minimum Gasteiger partial charge on any atom is -0.321 e. The van der Waals surface area contributed by atoms with Crippen LogP contribution in [0.3, 0.4) is 0 Å². The van der Waals surface area contributed by atoms with E-state index in [2.05, 4.69) is 16.7 Å². The molecule has 2 rings (SSSR count). The Morgan fingerprint density at radius 3 is 2.82 bits per heavy atom. The van der Waals surface area contributed by atoms with Gasteiger partial charge < -0.3 is 9.80 Å². The Hall–Kier alpha value is -2.19. The first kappa shape index (κ1) is 16.2. The number of guanidine groups is 1. The summed E-state index contributed by atoms with van der Waals surface area (Å²) in [5.74, 6) is 0.318. The predicted molar refractivity (Wildman–Crippen MR) is 83.6 cm³/mol. The van der Waals surface area contributed by atoms with Crippen LogP contribution < -0.4 is 0 Å². The zero-order valence-electron chi connectivity index (χ0n) is 12.2. The Morgan fingerprint density at radius 2 is 2.23 bits per heavy atom. The summed E-state index contributed by atoms with van der Waals surface area (Å²) in [7, 11) is 1.94. The van der Waals surface area contributed by atoms with Crippen molar-refractivity contribution in [2.45, 2.75) is 6.54 Å². The maximum absolute atomic E-state index is 10.8. The summed E-state index contributed by atoms with van der Waals surface area (Å²) in [5.41, 5.74) is 0.898. The van der Waals surface area contributed by atoms with Crippen LogP contribution in [0.1, 0.15) is 5.56 Å². The van der Waals surface area contributed by atoms with Gasteiger partial charge in [0.2, 0.25) is 0 Å². The van der Waals surface area contributed by atoms with Crippen LogP contribution in [0.5, 0.6) is 0 Å². The highest BCUT2D eigenvalue weighted by atomic mass is 35.5. The fourth-order valence-electron chi connectivity index (χ4n) is 2.29. The molecule has 0 aromatic carbocycles. The molecule has 0 spiro atoms. The van der Waals surface area contributed by atoms with Crippen LogP contribution in [0.15, 0.2) is 36.1 Å². The van der Waals surface area contributed by atoms with Crippen molar-refractivity contribution in [3.05, 3.63) is 51.8 Å². The molecule has 9 heteroatoms. The lowest BCUT2D eigenvalue weighted by Gasteiger charge is -2.41. The fraction of sp³-hybridized carbons (Fsp3) is 0.385. The van der Waals surface area contributed by atoms with E-state index in [-0.39, 0.29) is 0 Å². The molecule has 0 atom stereocenters. The van der Waals surface area contributed by atoms with Crippen molar-refractivity contribution in [3.63, 3.8) is 0 Å². The molecule has 0 aliphatic carbocycles. The largest absolute Gasteiger partial charge is 0.321 e. The Balaban J connectivity index is 2.25. The molecule has 0 N–H and O–H groups in total. The van der Waals surface area contributed by atoms with Gasteiger partial charge in [0.25, 0.3) is 5.96 Å². The van der Waals surface area contributed by atoms with Crippen LogP contribution in [0.2, 0.25) is 5.15 Å². The fourth-order valence-corrected chi connectivity index (χ4v) is 2.40. The number of halogens is 1. The van der Waals surface area contributed by atoms with Gasteiger partial charge in [-0.05, 0) is 18.7 Å². The molecule has 0 radical (unpaired) electrons. The molecule has 2 heterocycles. The molecule has 0 saturated carbocycles. The number of nitrogens with zero attached hydrogens (tertiary/aromatic N) is 6. The average molecular weight is 325 g/mol. The van der Waals surface area contributed by atoms with Gasteiger partial charge >= 0.3 is 0 Å². The second-order valence-corrected chi connectivity index (χ2v) is 5.36. The molecule has 1 fully saturated rings. The topological polar surface area (TPSA) is 78.1 Å². The van der Waals surface area contributed by atoms with Gasteiger partial charge in [0.05, 0.1) is 13.3 Å². The van der Waals surface area contributed by atoms with Gasteiger partial charge in [0, 0.05) is 19.3 Å².